The van der Waals surface area contributed by atoms with E-state index in [2.05, 4.69) is 15.6 Å². The van der Waals surface area contributed by atoms with Crippen LogP contribution in [0.3, 0.4) is 0 Å². The molecular weight excluding hydrogens is 398 g/mol. The van der Waals surface area contributed by atoms with Gasteiger partial charge in [0.25, 0.3) is 0 Å². The first-order valence-electron chi connectivity index (χ1n) is 8.94. The average molecular weight is 424 g/mol. The van der Waals surface area contributed by atoms with Gasteiger partial charge in [-0.2, -0.15) is 0 Å². The van der Waals surface area contributed by atoms with Gasteiger partial charge in [-0.1, -0.05) is 35.9 Å². The van der Waals surface area contributed by atoms with Gasteiger partial charge in [-0.15, -0.1) is 0 Å². The van der Waals surface area contributed by atoms with Gasteiger partial charge in [-0.25, -0.2) is 8.42 Å². The molecule has 1 atom stereocenters. The van der Waals surface area contributed by atoms with E-state index in [1.165, 1.54) is 6.26 Å². The molecule has 0 aliphatic rings. The third kappa shape index (κ3) is 7.05. The van der Waals surface area contributed by atoms with Crippen LogP contribution in [0, 0.1) is 0 Å². The number of guanidine groups is 1. The molecular formula is C20H26ClN3O3S. The zero-order chi connectivity index (χ0) is 20.6. The van der Waals surface area contributed by atoms with E-state index in [-0.39, 0.29) is 6.10 Å². The van der Waals surface area contributed by atoms with Gasteiger partial charge in [0, 0.05) is 19.8 Å². The number of sulfone groups is 1. The van der Waals surface area contributed by atoms with E-state index in [0.29, 0.717) is 34.7 Å². The fourth-order valence-electron chi connectivity index (χ4n) is 2.49. The molecule has 2 N–H and O–H groups in total. The zero-order valence-corrected chi connectivity index (χ0v) is 17.8. The smallest absolute Gasteiger partial charge is 0.191 e. The summed E-state index contributed by atoms with van der Waals surface area (Å²) in [7, 11) is -1.46. The minimum Gasteiger partial charge on any atom is -0.487 e. The first kappa shape index (κ1) is 22.0. The summed E-state index contributed by atoms with van der Waals surface area (Å²) in [5.41, 5.74) is 1.05. The fraction of sp³-hybridized carbons (Fsp3) is 0.350. The van der Waals surface area contributed by atoms with E-state index in [4.69, 9.17) is 16.3 Å². The van der Waals surface area contributed by atoms with Crippen molar-refractivity contribution in [2.75, 3.05) is 26.4 Å². The summed E-state index contributed by atoms with van der Waals surface area (Å²) in [6.45, 7) is 3.18. The summed E-state index contributed by atoms with van der Waals surface area (Å²) in [6, 6.07) is 14.3. The van der Waals surface area contributed by atoms with Gasteiger partial charge < -0.3 is 15.4 Å². The van der Waals surface area contributed by atoms with Crippen LogP contribution in [-0.2, 0) is 16.3 Å². The summed E-state index contributed by atoms with van der Waals surface area (Å²) in [6.07, 6.45) is 1.86. The maximum absolute atomic E-state index is 11.5. The maximum atomic E-state index is 11.5. The number of nitrogens with zero attached hydrogens (tertiary/aromatic N) is 1. The minimum absolute atomic E-state index is 0.0954. The largest absolute Gasteiger partial charge is 0.487 e. The van der Waals surface area contributed by atoms with Crippen molar-refractivity contribution in [3.63, 3.8) is 0 Å². The van der Waals surface area contributed by atoms with Crippen LogP contribution in [0.25, 0.3) is 0 Å². The van der Waals surface area contributed by atoms with E-state index < -0.39 is 9.84 Å². The Morgan fingerprint density at radius 3 is 2.43 bits per heavy atom. The monoisotopic (exact) mass is 423 g/mol. The summed E-state index contributed by atoms with van der Waals surface area (Å²) < 4.78 is 28.8. The first-order valence-corrected chi connectivity index (χ1v) is 11.2. The van der Waals surface area contributed by atoms with Crippen LogP contribution in [0.2, 0.25) is 5.02 Å². The molecule has 0 aliphatic heterocycles. The Hall–Kier alpha value is -2.25. The molecule has 0 saturated heterocycles. The highest BCUT2D eigenvalue weighted by molar-refractivity contribution is 7.90. The molecule has 0 aromatic heterocycles. The highest BCUT2D eigenvalue weighted by Crippen LogP contribution is 2.23. The van der Waals surface area contributed by atoms with Gasteiger partial charge in [0.15, 0.2) is 15.8 Å². The van der Waals surface area contributed by atoms with Crippen molar-refractivity contribution in [3.8, 4) is 5.75 Å². The number of benzene rings is 2. The molecule has 152 valence electrons. The lowest BCUT2D eigenvalue weighted by Gasteiger charge is -2.18. The van der Waals surface area contributed by atoms with E-state index in [1.54, 1.807) is 25.2 Å². The SMILES string of the molecule is CN=C(NCCc1ccc(S(C)(=O)=O)cc1)NCC(C)Oc1ccccc1Cl. The number of hydrogen-bond donors (Lipinski definition) is 2. The Balaban J connectivity index is 1.76. The number of nitrogens with one attached hydrogen (secondary N) is 2. The molecule has 0 heterocycles. The van der Waals surface area contributed by atoms with Gasteiger partial charge in [0.2, 0.25) is 0 Å². The highest BCUT2D eigenvalue weighted by Gasteiger charge is 2.09. The number of ether oxygens (including phenoxy) is 1. The maximum Gasteiger partial charge on any atom is 0.191 e. The summed E-state index contributed by atoms with van der Waals surface area (Å²) in [5, 5.41) is 7.03. The highest BCUT2D eigenvalue weighted by atomic mass is 35.5. The van der Waals surface area contributed by atoms with Crippen LogP contribution in [0.15, 0.2) is 58.4 Å². The Morgan fingerprint density at radius 2 is 1.82 bits per heavy atom. The fourth-order valence-corrected chi connectivity index (χ4v) is 3.30. The van der Waals surface area contributed by atoms with Crippen molar-refractivity contribution in [3.05, 3.63) is 59.1 Å². The minimum atomic E-state index is -3.16. The molecule has 0 bridgehead atoms. The number of rotatable bonds is 8. The molecule has 2 rings (SSSR count). The zero-order valence-electron chi connectivity index (χ0n) is 16.3. The lowest BCUT2D eigenvalue weighted by atomic mass is 10.1. The van der Waals surface area contributed by atoms with E-state index in [9.17, 15) is 8.42 Å². The van der Waals surface area contributed by atoms with Crippen molar-refractivity contribution >= 4 is 27.4 Å². The molecule has 2 aromatic carbocycles. The molecule has 0 saturated carbocycles. The topological polar surface area (TPSA) is 79.8 Å². The lowest BCUT2D eigenvalue weighted by molar-refractivity contribution is 0.224. The Labute approximate surface area is 171 Å². The van der Waals surface area contributed by atoms with Crippen molar-refractivity contribution in [2.24, 2.45) is 4.99 Å². The summed E-state index contributed by atoms with van der Waals surface area (Å²) in [4.78, 5) is 4.52. The second-order valence-electron chi connectivity index (χ2n) is 6.40. The normalized spacial score (nSPS) is 13.1. The van der Waals surface area contributed by atoms with Gasteiger partial charge >= 0.3 is 0 Å². The van der Waals surface area contributed by atoms with E-state index >= 15 is 0 Å². The molecule has 1 unspecified atom stereocenters. The first-order chi connectivity index (χ1) is 13.3. The average Bonchev–Trinajstić information content (AvgIpc) is 2.66. The number of aliphatic imine (C=N–C) groups is 1. The van der Waals surface area contributed by atoms with Crippen LogP contribution in [-0.4, -0.2) is 46.9 Å². The van der Waals surface area contributed by atoms with Crippen LogP contribution in [0.5, 0.6) is 5.75 Å². The summed E-state index contributed by atoms with van der Waals surface area (Å²) >= 11 is 6.10. The van der Waals surface area contributed by atoms with Crippen LogP contribution in [0.1, 0.15) is 12.5 Å². The predicted molar refractivity (Wildman–Crippen MR) is 114 cm³/mol. The molecule has 2 aromatic rings. The van der Waals surface area contributed by atoms with Crippen LogP contribution < -0.4 is 15.4 Å². The Bertz CT molecular complexity index is 899. The molecule has 6 nitrogen and oxygen atoms in total. The number of para-hydroxylation sites is 1. The molecule has 0 spiro atoms. The number of halogens is 1. The standard InChI is InChI=1S/C20H26ClN3O3S/c1-15(27-19-7-5-4-6-18(19)21)14-24-20(22-2)23-13-12-16-8-10-17(11-9-16)28(3,25)26/h4-11,15H,12-14H2,1-3H3,(H2,22,23,24). The third-order valence-corrected chi connectivity index (χ3v) is 5.44. The van der Waals surface area contributed by atoms with Crippen molar-refractivity contribution in [2.45, 2.75) is 24.3 Å². The van der Waals surface area contributed by atoms with Gasteiger partial charge in [0.1, 0.15) is 11.9 Å². The number of hydrogen-bond acceptors (Lipinski definition) is 4. The van der Waals surface area contributed by atoms with Gasteiger partial charge in [-0.05, 0) is 43.2 Å². The third-order valence-electron chi connectivity index (χ3n) is 4.00. The van der Waals surface area contributed by atoms with Gasteiger partial charge in [-0.3, -0.25) is 4.99 Å². The quantitative estimate of drug-likeness (QED) is 0.504. The van der Waals surface area contributed by atoms with Crippen molar-refractivity contribution in [1.82, 2.24) is 10.6 Å². The van der Waals surface area contributed by atoms with E-state index in [1.807, 2.05) is 37.3 Å². The molecule has 0 aliphatic carbocycles. The van der Waals surface area contributed by atoms with Crippen molar-refractivity contribution < 1.29 is 13.2 Å². The molecule has 0 fully saturated rings. The second kappa shape index (κ2) is 10.3. The lowest BCUT2D eigenvalue weighted by Crippen LogP contribution is -2.42. The molecule has 8 heteroatoms. The second-order valence-corrected chi connectivity index (χ2v) is 8.83. The Morgan fingerprint density at radius 1 is 1.14 bits per heavy atom. The van der Waals surface area contributed by atoms with Gasteiger partial charge in [0.05, 0.1) is 16.5 Å². The summed E-state index contributed by atoms with van der Waals surface area (Å²) in [5.74, 6) is 1.32. The predicted octanol–water partition coefficient (Wildman–Crippen LogP) is 2.92. The molecule has 28 heavy (non-hydrogen) atoms. The molecule has 0 radical (unpaired) electrons. The van der Waals surface area contributed by atoms with Crippen LogP contribution in [0.4, 0.5) is 0 Å². The van der Waals surface area contributed by atoms with E-state index in [0.717, 1.165) is 12.0 Å². The van der Waals surface area contributed by atoms with Crippen molar-refractivity contribution in [1.29, 1.82) is 0 Å². The van der Waals surface area contributed by atoms with Crippen LogP contribution >= 0.6 is 11.6 Å². The Kier molecular flexibility index (Phi) is 8.14. The molecule has 0 amide bonds.